The molecule has 1 aliphatic heterocycles. The number of nitrogens with one attached hydrogen (secondary N) is 3. The van der Waals surface area contributed by atoms with Crippen molar-refractivity contribution in [3.8, 4) is 0 Å². The van der Waals surface area contributed by atoms with Crippen molar-refractivity contribution in [1.82, 2.24) is 20.4 Å². The highest BCUT2D eigenvalue weighted by Gasteiger charge is 2.28. The molecule has 0 bridgehead atoms. The van der Waals surface area contributed by atoms with Gasteiger partial charge in [-0.1, -0.05) is 30.3 Å². The minimum absolute atomic E-state index is 0.116. The van der Waals surface area contributed by atoms with Crippen LogP contribution < -0.4 is 10.6 Å². The van der Waals surface area contributed by atoms with Crippen LogP contribution in [0.1, 0.15) is 22.4 Å². The first kappa shape index (κ1) is 17.3. The maximum absolute atomic E-state index is 12.4. The van der Waals surface area contributed by atoms with E-state index in [2.05, 4.69) is 20.8 Å². The van der Waals surface area contributed by atoms with Crippen molar-refractivity contribution in [2.75, 3.05) is 5.32 Å². The molecule has 0 fully saturated rings. The normalized spacial score (nSPS) is 12.7. The third-order valence-electron chi connectivity index (χ3n) is 4.43. The molecular weight excluding hydrogens is 362 g/mol. The molecule has 3 aromatic rings. The summed E-state index contributed by atoms with van der Waals surface area (Å²) >= 11 is 1.56. The van der Waals surface area contributed by atoms with E-state index in [1.165, 1.54) is 0 Å². The molecular formula is C19H19N5O2S. The zero-order valence-electron chi connectivity index (χ0n) is 14.6. The predicted molar refractivity (Wildman–Crippen MR) is 103 cm³/mol. The molecule has 7 nitrogen and oxygen atoms in total. The Morgan fingerprint density at radius 2 is 2.00 bits per heavy atom. The van der Waals surface area contributed by atoms with E-state index in [-0.39, 0.29) is 11.9 Å². The first-order chi connectivity index (χ1) is 13.2. The van der Waals surface area contributed by atoms with Gasteiger partial charge in [-0.2, -0.15) is 16.4 Å². The molecule has 0 unspecified atom stereocenters. The van der Waals surface area contributed by atoms with Gasteiger partial charge in [0.2, 0.25) is 5.91 Å². The van der Waals surface area contributed by atoms with E-state index in [0.717, 1.165) is 22.4 Å². The molecule has 0 aliphatic carbocycles. The summed E-state index contributed by atoms with van der Waals surface area (Å²) in [6, 6.07) is 11.6. The number of hydrogen-bond acceptors (Lipinski definition) is 4. The Hall–Kier alpha value is -3.13. The molecule has 138 valence electrons. The molecule has 27 heavy (non-hydrogen) atoms. The van der Waals surface area contributed by atoms with Gasteiger partial charge in [-0.15, -0.1) is 0 Å². The Morgan fingerprint density at radius 1 is 1.15 bits per heavy atom. The Bertz CT molecular complexity index is 936. The minimum Gasteiger partial charge on any atom is -0.334 e. The highest BCUT2D eigenvalue weighted by atomic mass is 32.1. The number of aromatic nitrogens is 2. The summed E-state index contributed by atoms with van der Waals surface area (Å²) in [6.45, 7) is 1.34. The van der Waals surface area contributed by atoms with Crippen LogP contribution in [-0.2, 0) is 30.8 Å². The van der Waals surface area contributed by atoms with Crippen LogP contribution in [0.5, 0.6) is 0 Å². The number of H-pyrrole nitrogens is 1. The van der Waals surface area contributed by atoms with Crippen molar-refractivity contribution >= 4 is 29.1 Å². The van der Waals surface area contributed by atoms with Crippen molar-refractivity contribution in [3.63, 3.8) is 0 Å². The van der Waals surface area contributed by atoms with E-state index in [4.69, 9.17) is 0 Å². The van der Waals surface area contributed by atoms with Crippen LogP contribution in [0.25, 0.3) is 0 Å². The van der Waals surface area contributed by atoms with Gasteiger partial charge < -0.3 is 15.5 Å². The zero-order chi connectivity index (χ0) is 18.6. The van der Waals surface area contributed by atoms with Crippen LogP contribution in [0.2, 0.25) is 0 Å². The van der Waals surface area contributed by atoms with Gasteiger partial charge in [-0.3, -0.25) is 9.89 Å². The van der Waals surface area contributed by atoms with Crippen LogP contribution in [0.15, 0.2) is 47.2 Å². The smallest absolute Gasteiger partial charge is 0.318 e. The largest absolute Gasteiger partial charge is 0.334 e. The molecule has 8 heteroatoms. The summed E-state index contributed by atoms with van der Waals surface area (Å²) in [5.41, 5.74) is 3.75. The van der Waals surface area contributed by atoms with Gasteiger partial charge in [0.15, 0.2) is 5.82 Å². The molecule has 3 heterocycles. The van der Waals surface area contributed by atoms with Crippen LogP contribution in [-0.4, -0.2) is 27.0 Å². The number of hydrogen-bond donors (Lipinski definition) is 3. The van der Waals surface area contributed by atoms with Gasteiger partial charge in [-0.05, 0) is 28.0 Å². The number of aromatic amines is 1. The molecule has 1 aliphatic rings. The third kappa shape index (κ3) is 4.01. The molecule has 0 radical (unpaired) electrons. The van der Waals surface area contributed by atoms with E-state index in [9.17, 15) is 9.59 Å². The lowest BCUT2D eigenvalue weighted by molar-refractivity contribution is -0.115. The van der Waals surface area contributed by atoms with Crippen LogP contribution >= 0.6 is 11.3 Å². The van der Waals surface area contributed by atoms with Gasteiger partial charge in [-0.25, -0.2) is 4.79 Å². The molecule has 1 aromatic carbocycles. The van der Waals surface area contributed by atoms with Gasteiger partial charge in [0.1, 0.15) is 0 Å². The SMILES string of the molecule is O=C(Cc1ccsc1)Nc1n[nH]c2c1CN(C(=O)NCc1ccccc1)C2. The zero-order valence-corrected chi connectivity index (χ0v) is 15.4. The van der Waals surface area contributed by atoms with Gasteiger partial charge in [0, 0.05) is 12.1 Å². The molecule has 3 amide bonds. The quantitative estimate of drug-likeness (QED) is 0.635. The lowest BCUT2D eigenvalue weighted by Crippen LogP contribution is -2.36. The van der Waals surface area contributed by atoms with Gasteiger partial charge in [0.25, 0.3) is 0 Å². The first-order valence-electron chi connectivity index (χ1n) is 8.63. The summed E-state index contributed by atoms with van der Waals surface area (Å²) in [6.07, 6.45) is 0.312. The van der Waals surface area contributed by atoms with Crippen molar-refractivity contribution in [2.45, 2.75) is 26.1 Å². The molecule has 0 saturated heterocycles. The van der Waals surface area contributed by atoms with E-state index >= 15 is 0 Å². The van der Waals surface area contributed by atoms with Gasteiger partial charge in [0.05, 0.1) is 25.2 Å². The molecule has 0 spiro atoms. The average molecular weight is 381 g/mol. The van der Waals surface area contributed by atoms with Crippen LogP contribution in [0, 0.1) is 0 Å². The number of rotatable bonds is 5. The lowest BCUT2D eigenvalue weighted by Gasteiger charge is -2.16. The highest BCUT2D eigenvalue weighted by Crippen LogP contribution is 2.27. The fraction of sp³-hybridized carbons (Fsp3) is 0.211. The Labute approximate surface area is 160 Å². The Morgan fingerprint density at radius 3 is 2.78 bits per heavy atom. The average Bonchev–Trinajstić information content (AvgIpc) is 3.39. The predicted octanol–water partition coefficient (Wildman–Crippen LogP) is 2.88. The molecule has 0 saturated carbocycles. The fourth-order valence-electron chi connectivity index (χ4n) is 3.03. The number of nitrogens with zero attached hydrogens (tertiary/aromatic N) is 2. The topological polar surface area (TPSA) is 90.1 Å². The summed E-state index contributed by atoms with van der Waals surface area (Å²) < 4.78 is 0. The molecule has 0 atom stereocenters. The summed E-state index contributed by atoms with van der Waals surface area (Å²) in [5.74, 6) is 0.387. The van der Waals surface area contributed by atoms with Crippen LogP contribution in [0.3, 0.4) is 0 Å². The van der Waals surface area contributed by atoms with E-state index in [1.807, 2.05) is 47.2 Å². The van der Waals surface area contributed by atoms with Crippen molar-refractivity contribution < 1.29 is 9.59 Å². The number of benzene rings is 1. The number of carbonyl (C=O) groups excluding carboxylic acids is 2. The molecule has 4 rings (SSSR count). The van der Waals surface area contributed by atoms with Crippen molar-refractivity contribution in [3.05, 3.63) is 69.5 Å². The summed E-state index contributed by atoms with van der Waals surface area (Å²) in [7, 11) is 0. The molecule has 2 aromatic heterocycles. The number of carbonyl (C=O) groups is 2. The minimum atomic E-state index is -0.140. The van der Waals surface area contributed by atoms with Crippen molar-refractivity contribution in [2.24, 2.45) is 0 Å². The highest BCUT2D eigenvalue weighted by molar-refractivity contribution is 7.08. The fourth-order valence-corrected chi connectivity index (χ4v) is 3.70. The van der Waals surface area contributed by atoms with Crippen molar-refractivity contribution in [1.29, 1.82) is 0 Å². The third-order valence-corrected chi connectivity index (χ3v) is 5.16. The first-order valence-corrected chi connectivity index (χ1v) is 9.57. The monoisotopic (exact) mass is 381 g/mol. The maximum atomic E-state index is 12.4. The van der Waals surface area contributed by atoms with E-state index < -0.39 is 0 Å². The number of anilines is 1. The second-order valence-corrected chi connectivity index (χ2v) is 7.17. The van der Waals surface area contributed by atoms with Gasteiger partial charge >= 0.3 is 6.03 Å². The lowest BCUT2D eigenvalue weighted by atomic mass is 10.2. The Balaban J connectivity index is 1.33. The summed E-state index contributed by atoms with van der Waals surface area (Å²) in [4.78, 5) is 26.3. The number of fused-ring (bicyclic) bond motifs is 1. The standard InChI is InChI=1S/C19H19N5O2S/c25-17(8-14-6-7-27-12-14)21-18-15-10-24(11-16(15)22-23-18)19(26)20-9-13-4-2-1-3-5-13/h1-7,12H,8-11H2,(H,20,26)(H2,21,22,23,25). The van der Waals surface area contributed by atoms with E-state index in [0.29, 0.717) is 31.9 Å². The van der Waals surface area contributed by atoms with Crippen LogP contribution in [0.4, 0.5) is 10.6 Å². The second-order valence-electron chi connectivity index (χ2n) is 6.39. The maximum Gasteiger partial charge on any atom is 0.318 e. The number of thiophene rings is 1. The molecule has 3 N–H and O–H groups in total. The van der Waals surface area contributed by atoms with E-state index in [1.54, 1.807) is 16.2 Å². The summed E-state index contributed by atoms with van der Waals surface area (Å²) in [5, 5.41) is 16.8. The Kier molecular flexibility index (Phi) is 4.88. The number of urea groups is 1. The second kappa shape index (κ2) is 7.63. The number of amides is 3.